The fourth-order valence-electron chi connectivity index (χ4n) is 1.73. The van der Waals surface area contributed by atoms with E-state index >= 15 is 0 Å². The number of ether oxygens (including phenoxy) is 1. The molecule has 0 aromatic heterocycles. The van der Waals surface area contributed by atoms with Crippen LogP contribution in [0.2, 0.25) is 0 Å². The second kappa shape index (κ2) is 7.40. The zero-order valence-corrected chi connectivity index (χ0v) is 12.4. The van der Waals surface area contributed by atoms with E-state index in [0.29, 0.717) is 12.2 Å². The average molecular weight is 300 g/mol. The van der Waals surface area contributed by atoms with Crippen molar-refractivity contribution in [3.63, 3.8) is 0 Å². The van der Waals surface area contributed by atoms with E-state index in [9.17, 15) is 4.79 Å². The maximum Gasteiger partial charge on any atom is 0.257 e. The number of hydrogen-bond donors (Lipinski definition) is 2. The van der Waals surface area contributed by atoms with E-state index in [0.717, 1.165) is 11.4 Å². The Balaban J connectivity index is 1.91. The van der Waals surface area contributed by atoms with Gasteiger partial charge < -0.3 is 10.1 Å². The SMILES string of the molecule is CCOc1ccc(NC(=S)NC(=O)c2ccccc2)cc1. The summed E-state index contributed by atoms with van der Waals surface area (Å²) >= 11 is 5.12. The standard InChI is InChI=1S/C16H16N2O2S/c1-2-20-14-10-8-13(9-11-14)17-16(21)18-15(19)12-6-4-3-5-7-12/h3-11H,2H2,1H3,(H2,17,18,19,21). The summed E-state index contributed by atoms with van der Waals surface area (Å²) in [5.74, 6) is 0.557. The zero-order chi connectivity index (χ0) is 15.1. The van der Waals surface area contributed by atoms with Crippen molar-refractivity contribution in [2.75, 3.05) is 11.9 Å². The first-order chi connectivity index (χ1) is 10.2. The number of hydrogen-bond acceptors (Lipinski definition) is 3. The number of benzene rings is 2. The van der Waals surface area contributed by atoms with Gasteiger partial charge in [-0.1, -0.05) is 18.2 Å². The number of amides is 1. The lowest BCUT2D eigenvalue weighted by Gasteiger charge is -2.10. The molecule has 0 bridgehead atoms. The summed E-state index contributed by atoms with van der Waals surface area (Å²) in [6.07, 6.45) is 0. The highest BCUT2D eigenvalue weighted by molar-refractivity contribution is 7.80. The van der Waals surface area contributed by atoms with E-state index < -0.39 is 0 Å². The summed E-state index contributed by atoms with van der Waals surface area (Å²) in [5, 5.41) is 5.85. The van der Waals surface area contributed by atoms with Crippen molar-refractivity contribution in [2.45, 2.75) is 6.92 Å². The van der Waals surface area contributed by atoms with E-state index in [2.05, 4.69) is 10.6 Å². The van der Waals surface area contributed by atoms with E-state index in [4.69, 9.17) is 17.0 Å². The van der Waals surface area contributed by atoms with Gasteiger partial charge in [0.05, 0.1) is 6.61 Å². The topological polar surface area (TPSA) is 50.4 Å². The van der Waals surface area contributed by atoms with Crippen LogP contribution in [0.4, 0.5) is 5.69 Å². The molecular weight excluding hydrogens is 284 g/mol. The summed E-state index contributed by atoms with van der Waals surface area (Å²) < 4.78 is 5.36. The number of carbonyl (C=O) groups excluding carboxylic acids is 1. The smallest absolute Gasteiger partial charge is 0.257 e. The molecule has 2 N–H and O–H groups in total. The molecule has 0 saturated heterocycles. The van der Waals surface area contributed by atoms with Gasteiger partial charge in [-0.2, -0.15) is 0 Å². The summed E-state index contributed by atoms with van der Waals surface area (Å²) in [6, 6.07) is 16.3. The third kappa shape index (κ3) is 4.57. The van der Waals surface area contributed by atoms with Gasteiger partial charge in [-0.05, 0) is 55.5 Å². The summed E-state index contributed by atoms with van der Waals surface area (Å²) in [5.41, 5.74) is 1.35. The molecule has 0 radical (unpaired) electrons. The average Bonchev–Trinajstić information content (AvgIpc) is 2.50. The molecule has 21 heavy (non-hydrogen) atoms. The monoisotopic (exact) mass is 300 g/mol. The molecule has 0 spiro atoms. The Morgan fingerprint density at radius 2 is 1.76 bits per heavy atom. The van der Waals surface area contributed by atoms with Crippen molar-refractivity contribution in [3.8, 4) is 5.75 Å². The first-order valence-corrected chi connectivity index (χ1v) is 7.00. The Labute approximate surface area is 129 Å². The number of carbonyl (C=O) groups is 1. The number of anilines is 1. The van der Waals surface area contributed by atoms with Crippen LogP contribution in [-0.4, -0.2) is 17.6 Å². The highest BCUT2D eigenvalue weighted by atomic mass is 32.1. The molecule has 5 heteroatoms. The van der Waals surface area contributed by atoms with Crippen LogP contribution in [0.25, 0.3) is 0 Å². The van der Waals surface area contributed by atoms with Crippen LogP contribution in [0.5, 0.6) is 5.75 Å². The Hall–Kier alpha value is -2.40. The van der Waals surface area contributed by atoms with E-state index in [1.54, 1.807) is 24.3 Å². The lowest BCUT2D eigenvalue weighted by atomic mass is 10.2. The molecule has 0 aliphatic carbocycles. The van der Waals surface area contributed by atoms with Gasteiger partial charge >= 0.3 is 0 Å². The van der Waals surface area contributed by atoms with Crippen LogP contribution >= 0.6 is 12.2 Å². The molecule has 0 aliphatic heterocycles. The van der Waals surface area contributed by atoms with Crippen LogP contribution in [0.3, 0.4) is 0 Å². The second-order valence-corrected chi connectivity index (χ2v) is 4.64. The molecule has 0 aliphatic rings. The quantitative estimate of drug-likeness (QED) is 0.851. The highest BCUT2D eigenvalue weighted by Gasteiger charge is 2.07. The minimum Gasteiger partial charge on any atom is -0.494 e. The molecule has 0 saturated carbocycles. The second-order valence-electron chi connectivity index (χ2n) is 4.23. The molecule has 0 fully saturated rings. The van der Waals surface area contributed by atoms with Crippen LogP contribution in [0.1, 0.15) is 17.3 Å². The maximum absolute atomic E-state index is 11.9. The first-order valence-electron chi connectivity index (χ1n) is 6.59. The largest absolute Gasteiger partial charge is 0.494 e. The number of thiocarbonyl (C=S) groups is 1. The minimum absolute atomic E-state index is 0.237. The zero-order valence-electron chi connectivity index (χ0n) is 11.6. The normalized spacial score (nSPS) is 9.76. The molecule has 0 unspecified atom stereocenters. The third-order valence-electron chi connectivity index (χ3n) is 2.69. The number of nitrogens with one attached hydrogen (secondary N) is 2. The van der Waals surface area contributed by atoms with Crippen LogP contribution in [-0.2, 0) is 0 Å². The molecule has 108 valence electrons. The van der Waals surface area contributed by atoms with Crippen LogP contribution < -0.4 is 15.4 Å². The Bertz CT molecular complexity index is 612. The van der Waals surface area contributed by atoms with Crippen molar-refractivity contribution in [1.29, 1.82) is 0 Å². The molecule has 2 aromatic rings. The van der Waals surface area contributed by atoms with Gasteiger partial charge in [0.15, 0.2) is 5.11 Å². The Morgan fingerprint density at radius 1 is 1.10 bits per heavy atom. The minimum atomic E-state index is -0.237. The lowest BCUT2D eigenvalue weighted by Crippen LogP contribution is -2.34. The van der Waals surface area contributed by atoms with Crippen molar-refractivity contribution >= 4 is 28.9 Å². The molecular formula is C16H16N2O2S. The van der Waals surface area contributed by atoms with Crippen molar-refractivity contribution in [2.24, 2.45) is 0 Å². The molecule has 0 atom stereocenters. The molecule has 2 aromatic carbocycles. The highest BCUT2D eigenvalue weighted by Crippen LogP contribution is 2.15. The summed E-state index contributed by atoms with van der Waals surface area (Å²) in [6.45, 7) is 2.55. The van der Waals surface area contributed by atoms with Gasteiger partial charge in [0, 0.05) is 11.3 Å². The Morgan fingerprint density at radius 3 is 2.38 bits per heavy atom. The maximum atomic E-state index is 11.9. The van der Waals surface area contributed by atoms with E-state index in [-0.39, 0.29) is 11.0 Å². The fourth-order valence-corrected chi connectivity index (χ4v) is 1.94. The van der Waals surface area contributed by atoms with E-state index in [1.165, 1.54) is 0 Å². The summed E-state index contributed by atoms with van der Waals surface area (Å²) in [7, 11) is 0. The molecule has 1 amide bonds. The van der Waals surface area contributed by atoms with Gasteiger partial charge in [-0.25, -0.2) is 0 Å². The van der Waals surface area contributed by atoms with Crippen molar-refractivity contribution in [1.82, 2.24) is 5.32 Å². The van der Waals surface area contributed by atoms with Crippen molar-refractivity contribution < 1.29 is 9.53 Å². The van der Waals surface area contributed by atoms with Gasteiger partial charge in [0.2, 0.25) is 0 Å². The Kier molecular flexibility index (Phi) is 5.29. The molecule has 2 rings (SSSR count). The predicted octanol–water partition coefficient (Wildman–Crippen LogP) is 3.21. The van der Waals surface area contributed by atoms with Crippen LogP contribution in [0, 0.1) is 0 Å². The number of rotatable bonds is 4. The van der Waals surface area contributed by atoms with Gasteiger partial charge in [-0.3, -0.25) is 10.1 Å². The fraction of sp³-hybridized carbons (Fsp3) is 0.125. The molecule has 0 heterocycles. The predicted molar refractivity (Wildman–Crippen MR) is 87.7 cm³/mol. The summed E-state index contributed by atoms with van der Waals surface area (Å²) in [4.78, 5) is 11.9. The lowest BCUT2D eigenvalue weighted by molar-refractivity contribution is 0.0977. The first kappa shape index (κ1) is 15.0. The van der Waals surface area contributed by atoms with E-state index in [1.807, 2.05) is 37.3 Å². The van der Waals surface area contributed by atoms with Crippen LogP contribution in [0.15, 0.2) is 54.6 Å². The molecule has 4 nitrogen and oxygen atoms in total. The van der Waals surface area contributed by atoms with Gasteiger partial charge in [0.25, 0.3) is 5.91 Å². The van der Waals surface area contributed by atoms with Gasteiger partial charge in [-0.15, -0.1) is 0 Å². The van der Waals surface area contributed by atoms with Crippen molar-refractivity contribution in [3.05, 3.63) is 60.2 Å². The van der Waals surface area contributed by atoms with Gasteiger partial charge in [0.1, 0.15) is 5.75 Å². The third-order valence-corrected chi connectivity index (χ3v) is 2.89.